The van der Waals surface area contributed by atoms with E-state index < -0.39 is 6.10 Å². The van der Waals surface area contributed by atoms with Gasteiger partial charge in [0.1, 0.15) is 6.10 Å². The Hall–Kier alpha value is -1.97. The van der Waals surface area contributed by atoms with E-state index in [2.05, 4.69) is 65.5 Å². The maximum Gasteiger partial charge on any atom is 0.182 e. The van der Waals surface area contributed by atoms with Crippen LogP contribution >= 0.6 is 0 Å². The lowest BCUT2D eigenvalue weighted by atomic mass is 9.71. The Balaban J connectivity index is 1.92. The van der Waals surface area contributed by atoms with Crippen molar-refractivity contribution in [2.75, 3.05) is 0 Å². The lowest BCUT2D eigenvalue weighted by Gasteiger charge is -2.35. The molecule has 1 aromatic heterocycles. The summed E-state index contributed by atoms with van der Waals surface area (Å²) in [6.45, 7) is 17.5. The quantitative estimate of drug-likeness (QED) is 0.518. The Morgan fingerprint density at radius 1 is 1.15 bits per heavy atom. The smallest absolute Gasteiger partial charge is 0.182 e. The van der Waals surface area contributed by atoms with Crippen molar-refractivity contribution >= 4 is 5.57 Å². The number of allylic oxidation sites excluding steroid dienone is 1. The summed E-state index contributed by atoms with van der Waals surface area (Å²) in [5.41, 5.74) is 8.25. The molecule has 1 saturated carbocycles. The molecule has 4 rings (SSSR count). The zero-order valence-corrected chi connectivity index (χ0v) is 21.4. The van der Waals surface area contributed by atoms with Crippen molar-refractivity contribution in [2.45, 2.75) is 104 Å². The zero-order chi connectivity index (χ0) is 24.1. The molecule has 0 bridgehead atoms. The molecule has 3 N–H and O–H groups in total. The lowest BCUT2D eigenvalue weighted by Crippen LogP contribution is -2.29. The molecule has 0 spiro atoms. The van der Waals surface area contributed by atoms with Gasteiger partial charge in [0, 0.05) is 17.9 Å². The predicted molar refractivity (Wildman–Crippen MR) is 138 cm³/mol. The minimum atomic E-state index is -0.763. The average molecular weight is 449 g/mol. The Bertz CT molecular complexity index is 1040. The highest BCUT2D eigenvalue weighted by atomic mass is 16.3. The second-order valence-corrected chi connectivity index (χ2v) is 12.3. The summed E-state index contributed by atoms with van der Waals surface area (Å²) in [6, 6.07) is 8.39. The molecule has 0 radical (unpaired) electrons. The number of aliphatic hydroxyl groups is 1. The van der Waals surface area contributed by atoms with Gasteiger partial charge in [0.2, 0.25) is 0 Å². The molecule has 2 aromatic rings. The molecule has 33 heavy (non-hydrogen) atoms. The first-order valence-corrected chi connectivity index (χ1v) is 12.6. The fourth-order valence-electron chi connectivity index (χ4n) is 5.95. The number of rotatable bonds is 4. The number of pyridine rings is 1. The van der Waals surface area contributed by atoms with E-state index in [-0.39, 0.29) is 16.9 Å². The van der Waals surface area contributed by atoms with Gasteiger partial charge in [-0.1, -0.05) is 78.3 Å². The van der Waals surface area contributed by atoms with Crippen LogP contribution in [0.15, 0.2) is 30.8 Å². The van der Waals surface area contributed by atoms with Gasteiger partial charge in [-0.05, 0) is 59.3 Å². The highest BCUT2D eigenvalue weighted by molar-refractivity contribution is 5.71. The van der Waals surface area contributed by atoms with E-state index in [1.807, 2.05) is 6.92 Å². The summed E-state index contributed by atoms with van der Waals surface area (Å²) >= 11 is 0. The second kappa shape index (κ2) is 8.67. The van der Waals surface area contributed by atoms with Crippen LogP contribution in [0.3, 0.4) is 0 Å². The van der Waals surface area contributed by atoms with Crippen molar-refractivity contribution < 1.29 is 10.2 Å². The zero-order valence-electron chi connectivity index (χ0n) is 21.4. The molecule has 0 amide bonds. The van der Waals surface area contributed by atoms with Crippen LogP contribution in [0.5, 0.6) is 0 Å². The molecule has 0 unspecified atom stereocenters. The predicted octanol–water partition coefficient (Wildman–Crippen LogP) is 6.89. The van der Waals surface area contributed by atoms with Crippen LogP contribution in [0.25, 0.3) is 5.57 Å². The standard InChI is InChI=1S/C30H41NO2/c1-18(2)24-25-22(16-30(6,7)17-23(25)32)31-27(19-10-8-9-11-19)26(24)28(33)20-12-14-21(15-13-20)29(3,4)5/h12-15,19,23,28,32-33H,1,8-11,16-17H2,2-7H3/p+1/t23-,28+/m0/s1. The third kappa shape index (κ3) is 4.68. The molecule has 2 aliphatic rings. The molecule has 3 nitrogen and oxygen atoms in total. The monoisotopic (exact) mass is 448 g/mol. The molecule has 1 heterocycles. The highest BCUT2D eigenvalue weighted by Gasteiger charge is 2.40. The van der Waals surface area contributed by atoms with E-state index in [0.29, 0.717) is 5.92 Å². The number of hydrogen-bond acceptors (Lipinski definition) is 2. The SMILES string of the molecule is C=C(C)c1c([C@H](O)c2ccc(C(C)(C)C)cc2)c(C2CCCC2)nc2c1[C@@H]([OH2+])CC(C)(C)C2. The van der Waals surface area contributed by atoms with Gasteiger partial charge in [0.25, 0.3) is 0 Å². The molecule has 1 fully saturated rings. The average Bonchev–Trinajstić information content (AvgIpc) is 3.25. The van der Waals surface area contributed by atoms with Crippen molar-refractivity contribution in [3.05, 3.63) is 70.0 Å². The molecule has 2 atom stereocenters. The number of hydrogen-bond donors (Lipinski definition) is 1. The Kier molecular flexibility index (Phi) is 6.35. The summed E-state index contributed by atoms with van der Waals surface area (Å²) in [4.78, 5) is 5.27. The minimum absolute atomic E-state index is 0.0641. The van der Waals surface area contributed by atoms with E-state index in [9.17, 15) is 5.11 Å². The van der Waals surface area contributed by atoms with Crippen LogP contribution in [0, 0.1) is 5.41 Å². The van der Waals surface area contributed by atoms with Crippen LogP contribution in [-0.4, -0.2) is 15.2 Å². The lowest BCUT2D eigenvalue weighted by molar-refractivity contribution is 0.0972. The van der Waals surface area contributed by atoms with Gasteiger partial charge in [-0.3, -0.25) is 4.98 Å². The topological polar surface area (TPSA) is 56.0 Å². The fraction of sp³-hybridized carbons (Fsp3) is 0.567. The Morgan fingerprint density at radius 2 is 1.76 bits per heavy atom. The van der Waals surface area contributed by atoms with Gasteiger partial charge in [-0.2, -0.15) is 0 Å². The van der Waals surface area contributed by atoms with Gasteiger partial charge in [-0.15, -0.1) is 0 Å². The van der Waals surface area contributed by atoms with Gasteiger partial charge in [0.05, 0.1) is 17.0 Å². The number of nitrogens with zero attached hydrogens (tertiary/aromatic N) is 1. The first-order valence-electron chi connectivity index (χ1n) is 12.6. The van der Waals surface area contributed by atoms with E-state index in [0.717, 1.165) is 64.9 Å². The van der Waals surface area contributed by atoms with E-state index >= 15 is 0 Å². The molecule has 0 aliphatic heterocycles. The van der Waals surface area contributed by atoms with Gasteiger partial charge < -0.3 is 10.2 Å². The van der Waals surface area contributed by atoms with Crippen LogP contribution in [0.4, 0.5) is 0 Å². The minimum Gasteiger partial charge on any atom is -0.440 e. The third-order valence-corrected chi connectivity index (χ3v) is 7.67. The third-order valence-electron chi connectivity index (χ3n) is 7.67. The number of fused-ring (bicyclic) bond motifs is 1. The fourth-order valence-corrected chi connectivity index (χ4v) is 5.95. The van der Waals surface area contributed by atoms with Crippen molar-refractivity contribution in [3.8, 4) is 0 Å². The maximum absolute atomic E-state index is 11.8. The van der Waals surface area contributed by atoms with Crippen LogP contribution in [0.2, 0.25) is 0 Å². The molecule has 3 heteroatoms. The molecule has 1 aromatic carbocycles. The van der Waals surface area contributed by atoms with Crippen LogP contribution in [-0.2, 0) is 11.8 Å². The first-order chi connectivity index (χ1) is 15.4. The number of benzene rings is 1. The van der Waals surface area contributed by atoms with E-state index in [1.165, 1.54) is 18.4 Å². The first kappa shape index (κ1) is 24.2. The summed E-state index contributed by atoms with van der Waals surface area (Å²) < 4.78 is 0. The van der Waals surface area contributed by atoms with Crippen LogP contribution in [0.1, 0.15) is 131 Å². The normalized spacial score (nSPS) is 21.6. The van der Waals surface area contributed by atoms with E-state index in [1.54, 1.807) is 0 Å². The molecule has 0 saturated heterocycles. The molecular formula is C30H42NO2+. The molecular weight excluding hydrogens is 406 g/mol. The Labute approximate surface area is 200 Å². The van der Waals surface area contributed by atoms with Crippen molar-refractivity contribution in [1.82, 2.24) is 4.98 Å². The van der Waals surface area contributed by atoms with Crippen molar-refractivity contribution in [3.63, 3.8) is 0 Å². The number of aromatic nitrogens is 1. The highest BCUT2D eigenvalue weighted by Crippen LogP contribution is 2.48. The van der Waals surface area contributed by atoms with Gasteiger partial charge in [0.15, 0.2) is 6.10 Å². The van der Waals surface area contributed by atoms with Crippen molar-refractivity contribution in [1.29, 1.82) is 0 Å². The largest absolute Gasteiger partial charge is 0.440 e. The number of aliphatic hydroxyl groups excluding tert-OH is 1. The summed E-state index contributed by atoms with van der Waals surface area (Å²) in [5.74, 6) is 0.376. The Morgan fingerprint density at radius 3 is 2.30 bits per heavy atom. The summed E-state index contributed by atoms with van der Waals surface area (Å²) in [7, 11) is 0. The second-order valence-electron chi connectivity index (χ2n) is 12.3. The molecule has 178 valence electrons. The van der Waals surface area contributed by atoms with Gasteiger partial charge >= 0.3 is 0 Å². The van der Waals surface area contributed by atoms with Crippen molar-refractivity contribution in [2.24, 2.45) is 5.41 Å². The summed E-state index contributed by atoms with van der Waals surface area (Å²) in [6.07, 6.45) is 5.27. The van der Waals surface area contributed by atoms with Gasteiger partial charge in [-0.25, -0.2) is 0 Å². The summed E-state index contributed by atoms with van der Waals surface area (Å²) in [5, 5.41) is 20.8. The molecule has 2 aliphatic carbocycles. The maximum atomic E-state index is 11.8. The van der Waals surface area contributed by atoms with E-state index in [4.69, 9.17) is 10.1 Å². The van der Waals surface area contributed by atoms with Crippen LogP contribution < -0.4 is 0 Å².